The van der Waals surface area contributed by atoms with E-state index in [0.717, 1.165) is 83.5 Å². The minimum absolute atomic E-state index is 0.126. The predicted octanol–water partition coefficient (Wildman–Crippen LogP) is 17.6. The van der Waals surface area contributed by atoms with E-state index >= 15 is 0 Å². The maximum Gasteiger partial charge on any atom is 0.306 e. The number of carbonyl (C=O) groups excluding carboxylic acids is 2. The molecule has 8 atom stereocenters. The molecular formula is C71H131NO10. The van der Waals surface area contributed by atoms with Crippen molar-refractivity contribution in [3.05, 3.63) is 48.6 Å². The van der Waals surface area contributed by atoms with Gasteiger partial charge in [0.1, 0.15) is 24.4 Å². The molecule has 480 valence electrons. The SMILES string of the molecule is CC/C=C/C=C/C=C/CCCCCCCCC(O)C(=O)NC(COC1OC(CO)C(O)C(O)C1OC(=O)CCCCCCCCCCCCCCCCCCCCCCCCCCCCC)C(O)/C=C/CCCCCCCCCCCC. The van der Waals surface area contributed by atoms with Crippen molar-refractivity contribution in [3.8, 4) is 0 Å². The standard InChI is InChI=1S/C71H131NO10/c1-4-7-10-13-16-19-22-25-27-28-29-30-31-32-33-34-35-36-37-38-39-41-44-47-50-53-56-59-66(76)82-69-68(78)67(77)65(60-73)81-71(69)80-61-62(63(74)57-54-51-48-45-42-24-21-18-15-12-9-6-3)72-70(79)64(75)58-55-52-49-46-43-40-26-23-20-17-14-11-8-5-2/h8,11,14,17,20,23,54,57,62-65,67-69,71,73-75,77-78H,4-7,9-10,12-13,15-16,18-19,21-22,24-53,55-56,58-61H2,1-3H3,(H,72,79)/b11-8+,17-14+,23-20+,57-54+. The number of unbranched alkanes of at least 4 members (excludes halogenated alkanes) is 42. The third-order valence-corrected chi connectivity index (χ3v) is 16.6. The smallest absolute Gasteiger partial charge is 0.306 e. The van der Waals surface area contributed by atoms with E-state index in [1.54, 1.807) is 6.08 Å². The van der Waals surface area contributed by atoms with Crippen molar-refractivity contribution in [2.75, 3.05) is 13.2 Å². The molecule has 1 saturated heterocycles. The predicted molar refractivity (Wildman–Crippen MR) is 343 cm³/mol. The number of esters is 1. The summed E-state index contributed by atoms with van der Waals surface area (Å²) in [5.74, 6) is -1.20. The summed E-state index contributed by atoms with van der Waals surface area (Å²) in [6.45, 7) is 5.69. The summed E-state index contributed by atoms with van der Waals surface area (Å²) in [5, 5.41) is 57.1. The molecule has 1 amide bonds. The number of hydrogen-bond donors (Lipinski definition) is 6. The number of hydrogen-bond acceptors (Lipinski definition) is 10. The summed E-state index contributed by atoms with van der Waals surface area (Å²) in [4.78, 5) is 26.6. The molecule has 0 aromatic carbocycles. The van der Waals surface area contributed by atoms with Crippen LogP contribution < -0.4 is 5.32 Å². The molecule has 0 aromatic heterocycles. The lowest BCUT2D eigenvalue weighted by Gasteiger charge is -2.41. The van der Waals surface area contributed by atoms with Gasteiger partial charge >= 0.3 is 5.97 Å². The lowest BCUT2D eigenvalue weighted by molar-refractivity contribution is -0.305. The fraction of sp³-hybridized carbons (Fsp3) is 0.859. The van der Waals surface area contributed by atoms with E-state index in [4.69, 9.17) is 14.2 Å². The van der Waals surface area contributed by atoms with Crippen molar-refractivity contribution >= 4 is 11.9 Å². The lowest BCUT2D eigenvalue weighted by atomic mass is 9.99. The number of ether oxygens (including phenoxy) is 3. The Morgan fingerprint density at radius 1 is 0.488 bits per heavy atom. The third-order valence-electron chi connectivity index (χ3n) is 16.6. The molecule has 1 heterocycles. The van der Waals surface area contributed by atoms with E-state index in [0.29, 0.717) is 12.8 Å². The summed E-state index contributed by atoms with van der Waals surface area (Å²) in [5.41, 5.74) is 0. The van der Waals surface area contributed by atoms with Gasteiger partial charge < -0.3 is 45.1 Å². The highest BCUT2D eigenvalue weighted by Crippen LogP contribution is 2.26. The minimum Gasteiger partial charge on any atom is -0.454 e. The van der Waals surface area contributed by atoms with Crippen molar-refractivity contribution in [2.24, 2.45) is 0 Å². The molecule has 0 bridgehead atoms. The Kier molecular flexibility index (Phi) is 55.8. The molecule has 11 heteroatoms. The summed E-state index contributed by atoms with van der Waals surface area (Å²) in [6, 6.07) is -1.03. The summed E-state index contributed by atoms with van der Waals surface area (Å²) in [6.07, 6.45) is 63.2. The summed E-state index contributed by atoms with van der Waals surface area (Å²) < 4.78 is 17.7. The Morgan fingerprint density at radius 2 is 0.878 bits per heavy atom. The first-order chi connectivity index (χ1) is 40.2. The first-order valence-corrected chi connectivity index (χ1v) is 34.9. The molecule has 0 saturated carbocycles. The first kappa shape index (κ1) is 77.6. The van der Waals surface area contributed by atoms with Crippen LogP contribution in [0.25, 0.3) is 0 Å². The molecule has 82 heavy (non-hydrogen) atoms. The third kappa shape index (κ3) is 45.9. The highest BCUT2D eigenvalue weighted by atomic mass is 16.7. The Morgan fingerprint density at radius 3 is 1.30 bits per heavy atom. The van der Waals surface area contributed by atoms with Crippen LogP contribution in [0.4, 0.5) is 0 Å². The van der Waals surface area contributed by atoms with Gasteiger partial charge in [-0.25, -0.2) is 0 Å². The van der Waals surface area contributed by atoms with Crippen molar-refractivity contribution < 1.29 is 49.3 Å². The Bertz CT molecular complexity index is 1520. The van der Waals surface area contributed by atoms with Crippen LogP contribution in [0.2, 0.25) is 0 Å². The zero-order valence-electron chi connectivity index (χ0n) is 53.4. The van der Waals surface area contributed by atoms with Gasteiger partial charge in [0.15, 0.2) is 12.4 Å². The average molecular weight is 1160 g/mol. The number of aliphatic hydroxyl groups excluding tert-OH is 5. The normalized spacial score (nSPS) is 18.9. The van der Waals surface area contributed by atoms with Gasteiger partial charge in [-0.15, -0.1) is 0 Å². The molecule has 0 aromatic rings. The van der Waals surface area contributed by atoms with Crippen molar-refractivity contribution in [3.63, 3.8) is 0 Å². The van der Waals surface area contributed by atoms with E-state index in [1.807, 2.05) is 12.2 Å². The van der Waals surface area contributed by atoms with Gasteiger partial charge in [0, 0.05) is 6.42 Å². The Balaban J connectivity index is 2.52. The molecule has 11 nitrogen and oxygen atoms in total. The molecule has 1 fully saturated rings. The average Bonchev–Trinajstić information content (AvgIpc) is 3.68. The van der Waals surface area contributed by atoms with Crippen LogP contribution in [-0.4, -0.2) is 99.6 Å². The van der Waals surface area contributed by atoms with Gasteiger partial charge in [0.25, 0.3) is 0 Å². The Labute approximate surface area is 504 Å². The van der Waals surface area contributed by atoms with Gasteiger partial charge in [-0.1, -0.05) is 326 Å². The second-order valence-corrected chi connectivity index (χ2v) is 24.3. The summed E-state index contributed by atoms with van der Waals surface area (Å²) in [7, 11) is 0. The molecule has 8 unspecified atom stereocenters. The number of allylic oxidation sites excluding steroid dienone is 7. The number of carbonyl (C=O) groups is 2. The molecule has 1 rings (SSSR count). The van der Waals surface area contributed by atoms with E-state index < -0.39 is 67.4 Å². The van der Waals surface area contributed by atoms with Gasteiger partial charge in [0.2, 0.25) is 5.91 Å². The van der Waals surface area contributed by atoms with Crippen LogP contribution in [0, 0.1) is 0 Å². The first-order valence-electron chi connectivity index (χ1n) is 34.9. The number of nitrogens with one attached hydrogen (secondary N) is 1. The molecule has 1 aliphatic heterocycles. The zero-order chi connectivity index (χ0) is 59.6. The number of amides is 1. The van der Waals surface area contributed by atoms with Crippen molar-refractivity contribution in [1.29, 1.82) is 0 Å². The van der Waals surface area contributed by atoms with Crippen molar-refractivity contribution in [1.82, 2.24) is 5.32 Å². The monoisotopic (exact) mass is 1160 g/mol. The fourth-order valence-electron chi connectivity index (χ4n) is 11.1. The quantitative estimate of drug-likeness (QED) is 0.0149. The highest BCUT2D eigenvalue weighted by molar-refractivity contribution is 5.80. The maximum absolute atomic E-state index is 13.4. The van der Waals surface area contributed by atoms with Crippen LogP contribution >= 0.6 is 0 Å². The molecule has 0 aliphatic carbocycles. The van der Waals surface area contributed by atoms with Crippen molar-refractivity contribution in [2.45, 2.75) is 378 Å². The Hall–Kier alpha value is -2.38. The van der Waals surface area contributed by atoms with Gasteiger partial charge in [0.05, 0.1) is 25.4 Å². The number of aliphatic hydroxyl groups is 5. The van der Waals surface area contributed by atoms with E-state index in [1.165, 1.54) is 199 Å². The van der Waals surface area contributed by atoms with E-state index in [2.05, 4.69) is 56.5 Å². The highest BCUT2D eigenvalue weighted by Gasteiger charge is 2.47. The molecule has 0 spiro atoms. The van der Waals surface area contributed by atoms with Gasteiger partial charge in [-0.2, -0.15) is 0 Å². The second kappa shape index (κ2) is 59.0. The second-order valence-electron chi connectivity index (χ2n) is 24.3. The number of rotatable bonds is 60. The van der Waals surface area contributed by atoms with Crippen LogP contribution in [-0.2, 0) is 23.8 Å². The van der Waals surface area contributed by atoms with Crippen LogP contribution in [0.1, 0.15) is 329 Å². The maximum atomic E-state index is 13.4. The van der Waals surface area contributed by atoms with E-state index in [-0.39, 0.29) is 19.4 Å². The molecule has 0 radical (unpaired) electrons. The largest absolute Gasteiger partial charge is 0.454 e. The lowest BCUT2D eigenvalue weighted by Crippen LogP contribution is -2.61. The minimum atomic E-state index is -1.61. The summed E-state index contributed by atoms with van der Waals surface area (Å²) >= 11 is 0. The molecule has 6 N–H and O–H groups in total. The zero-order valence-corrected chi connectivity index (χ0v) is 53.4. The van der Waals surface area contributed by atoms with Crippen LogP contribution in [0.3, 0.4) is 0 Å². The van der Waals surface area contributed by atoms with Crippen LogP contribution in [0.5, 0.6) is 0 Å². The topological polar surface area (TPSA) is 175 Å². The molecular weight excluding hydrogens is 1030 g/mol. The van der Waals surface area contributed by atoms with Gasteiger partial charge in [-0.05, 0) is 44.9 Å². The van der Waals surface area contributed by atoms with Gasteiger partial charge in [-0.3, -0.25) is 9.59 Å². The van der Waals surface area contributed by atoms with E-state index in [9.17, 15) is 35.1 Å². The van der Waals surface area contributed by atoms with Crippen LogP contribution in [0.15, 0.2) is 48.6 Å². The fourth-order valence-corrected chi connectivity index (χ4v) is 11.1. The molecule has 1 aliphatic rings.